The van der Waals surface area contributed by atoms with Gasteiger partial charge in [-0.2, -0.15) is 0 Å². The summed E-state index contributed by atoms with van der Waals surface area (Å²) < 4.78 is 1.51. The molecule has 2 aromatic carbocycles. The summed E-state index contributed by atoms with van der Waals surface area (Å²) in [4.78, 5) is 0. The van der Waals surface area contributed by atoms with Crippen LogP contribution in [-0.4, -0.2) is 4.70 Å². The van der Waals surface area contributed by atoms with Crippen LogP contribution in [0.2, 0.25) is 10.8 Å². The van der Waals surface area contributed by atoms with Gasteiger partial charge in [-0.05, 0) is 68.9 Å². The van der Waals surface area contributed by atoms with E-state index < -0.39 is 0 Å². The summed E-state index contributed by atoms with van der Waals surface area (Å²) in [6.07, 6.45) is 51.2. The van der Waals surface area contributed by atoms with Crippen molar-refractivity contribution in [3.8, 4) is 0 Å². The predicted octanol–water partition coefficient (Wildman–Crippen LogP) is 20.4. The van der Waals surface area contributed by atoms with E-state index in [4.69, 9.17) is 0 Å². The zero-order valence-electron chi connectivity index (χ0n) is 41.0. The van der Waals surface area contributed by atoms with Crippen molar-refractivity contribution in [2.75, 3.05) is 0 Å². The van der Waals surface area contributed by atoms with Gasteiger partial charge in [0.15, 0.2) is 0 Å². The van der Waals surface area contributed by atoms with Gasteiger partial charge in [-0.25, -0.2) is 4.70 Å². The molecule has 1 heterocycles. The molecular formula is C58H96N2Pd. The maximum atomic E-state index is 11.9. The van der Waals surface area contributed by atoms with Crippen molar-refractivity contribution in [1.82, 2.24) is 0 Å². The van der Waals surface area contributed by atoms with E-state index in [1.54, 1.807) is 0 Å². The van der Waals surface area contributed by atoms with Crippen LogP contribution in [0.5, 0.6) is 0 Å². The van der Waals surface area contributed by atoms with Gasteiger partial charge in [-0.3, -0.25) is 0 Å². The average molecular weight is 928 g/mol. The van der Waals surface area contributed by atoms with E-state index in [2.05, 4.69) is 99.2 Å². The molecule has 0 aromatic heterocycles. The van der Waals surface area contributed by atoms with Crippen LogP contribution < -0.4 is 0 Å². The van der Waals surface area contributed by atoms with Crippen molar-refractivity contribution in [3.05, 3.63) is 99.6 Å². The van der Waals surface area contributed by atoms with Crippen molar-refractivity contribution in [2.24, 2.45) is 0 Å². The first kappa shape index (κ1) is 55.1. The summed E-state index contributed by atoms with van der Waals surface area (Å²) in [6, 6.07) is 17.6. The first-order valence-corrected chi connectivity index (χ1v) is 29.1. The van der Waals surface area contributed by atoms with Crippen LogP contribution in [0.4, 0.5) is 0 Å². The summed E-state index contributed by atoms with van der Waals surface area (Å²) >= 11 is 0.950. The molecule has 61 heavy (non-hydrogen) atoms. The van der Waals surface area contributed by atoms with Crippen LogP contribution in [0.25, 0.3) is 16.9 Å². The Bertz CT molecular complexity index is 1480. The van der Waals surface area contributed by atoms with Gasteiger partial charge in [0.05, 0.1) is 5.57 Å². The molecule has 1 aliphatic rings. The molecule has 2 aromatic rings. The quantitative estimate of drug-likeness (QED) is 0.0367. The molecule has 0 spiro atoms. The summed E-state index contributed by atoms with van der Waals surface area (Å²) in [5.41, 5.74) is 21.1. The molecule has 0 N–H and O–H groups in total. The molecule has 0 saturated heterocycles. The van der Waals surface area contributed by atoms with E-state index >= 15 is 0 Å². The molecule has 0 unspecified atom stereocenters. The Labute approximate surface area is 388 Å². The van der Waals surface area contributed by atoms with E-state index in [9.17, 15) is 5.53 Å². The number of aryl methyl sites for hydroxylation is 2. The second kappa shape index (κ2) is 38.4. The monoisotopic (exact) mass is 927 g/mol. The fraction of sp³-hybridized carbons (Fsp3) is 0.690. The third-order valence-corrected chi connectivity index (χ3v) is 12.7. The number of nitrogens with zero attached hydrogens (tertiary/aromatic N) is 2. The van der Waals surface area contributed by atoms with Crippen LogP contribution in [0, 0.1) is 6.92 Å². The molecule has 0 atom stereocenters. The number of rotatable bonds is 37. The van der Waals surface area contributed by atoms with Gasteiger partial charge in [0.1, 0.15) is 0 Å². The van der Waals surface area contributed by atoms with E-state index in [1.165, 1.54) is 220 Å². The third kappa shape index (κ3) is 25.1. The Kier molecular flexibility index (Phi) is 34.6. The Hall–Kier alpha value is -2.08. The van der Waals surface area contributed by atoms with E-state index in [1.807, 2.05) is 0 Å². The standard InChI is InChI=1S/C56H90N2.2CH3.Pd/c1-5-8-11-13-14-15-16-17-18-19-20-21-22-23-24-25-26-27-28-29-30-31-32-33-34-35-36-41-50-42-39-44-52(48-50)56-54(46-37-12-9-6-2)53(45-10-7-3)55(58(56)57)51-43-38-40-49(4)47-51;;;/h10,38-40,42-45,47-48H,5-9,11-37,41,46H2,1-4H3;2*1H3;. The van der Waals surface area contributed by atoms with E-state index in [0.717, 1.165) is 66.2 Å². The Morgan fingerprint density at radius 2 is 0.852 bits per heavy atom. The topological polar surface area (TPSA) is 25.3 Å². The summed E-state index contributed by atoms with van der Waals surface area (Å²) in [5.74, 6) is 0. The number of allylic oxidation sites excluding steroid dienone is 4. The van der Waals surface area contributed by atoms with Gasteiger partial charge in [-0.15, -0.1) is 0 Å². The van der Waals surface area contributed by atoms with Gasteiger partial charge in [0.25, 0.3) is 0 Å². The van der Waals surface area contributed by atoms with Gasteiger partial charge in [0, 0.05) is 16.7 Å². The van der Waals surface area contributed by atoms with Gasteiger partial charge >= 0.3 is 28.8 Å². The first-order chi connectivity index (χ1) is 30.0. The van der Waals surface area contributed by atoms with Crippen molar-refractivity contribution in [2.45, 2.75) is 257 Å². The number of hydrogen-bond donors (Lipinski definition) is 0. The molecule has 0 saturated carbocycles. The number of hydrogen-bond acceptors (Lipinski definition) is 0. The molecule has 1 aliphatic heterocycles. The molecule has 3 heteroatoms. The molecule has 3 rings (SSSR count). The Balaban J connectivity index is 0.00000414. The first-order valence-electron chi connectivity index (χ1n) is 26.0. The minimum atomic E-state index is 0.921. The average Bonchev–Trinajstić information content (AvgIpc) is 3.54. The number of unbranched alkanes of at least 4 members (excludes halogenated alkanes) is 29. The van der Waals surface area contributed by atoms with Crippen molar-refractivity contribution in [3.63, 3.8) is 0 Å². The Morgan fingerprint density at radius 3 is 1.28 bits per heavy atom. The zero-order chi connectivity index (χ0) is 44.0. The molecule has 348 valence electrons. The summed E-state index contributed by atoms with van der Waals surface area (Å²) in [6.45, 7) is 8.90. The normalized spacial score (nSPS) is 13.0. The van der Waals surface area contributed by atoms with Crippen LogP contribution in [-0.2, 0) is 24.4 Å². The fourth-order valence-corrected chi connectivity index (χ4v) is 9.08. The molecule has 0 radical (unpaired) electrons. The van der Waals surface area contributed by atoms with Crippen LogP contribution in [0.1, 0.15) is 255 Å². The maximum absolute atomic E-state index is 11.9. The van der Waals surface area contributed by atoms with Gasteiger partial charge in [-0.1, -0.05) is 249 Å². The SMILES string of the molecule is CCC=CC1=C(c2cccc(C)c2)[N+](=[N-])C(c2cccc(CCCCCCCCCCCCCCCCCCCCCCCCCCCCC)c2)=C1CCCCCC.[CH3][Pd][CH3]. The summed E-state index contributed by atoms with van der Waals surface area (Å²) in [5, 5.41) is 4.35. The van der Waals surface area contributed by atoms with Crippen LogP contribution in [0.15, 0.2) is 71.8 Å². The van der Waals surface area contributed by atoms with Crippen LogP contribution >= 0.6 is 0 Å². The second-order valence-corrected chi connectivity index (χ2v) is 19.9. The Morgan fingerprint density at radius 1 is 0.475 bits per heavy atom. The molecule has 0 amide bonds. The molecule has 0 bridgehead atoms. The second-order valence-electron chi connectivity index (χ2n) is 18.4. The fourth-order valence-electron chi connectivity index (χ4n) is 9.08. The van der Waals surface area contributed by atoms with Crippen LogP contribution in [0.3, 0.4) is 0 Å². The van der Waals surface area contributed by atoms with E-state index in [-0.39, 0.29) is 0 Å². The molecule has 0 aliphatic carbocycles. The third-order valence-electron chi connectivity index (χ3n) is 12.7. The summed E-state index contributed by atoms with van der Waals surface area (Å²) in [7, 11) is 0. The zero-order valence-corrected chi connectivity index (χ0v) is 42.6. The van der Waals surface area contributed by atoms with Crippen molar-refractivity contribution >= 4 is 11.4 Å². The van der Waals surface area contributed by atoms with E-state index in [0.29, 0.717) is 0 Å². The predicted molar refractivity (Wildman–Crippen MR) is 269 cm³/mol. The van der Waals surface area contributed by atoms with Gasteiger partial charge < -0.3 is 5.53 Å². The van der Waals surface area contributed by atoms with Crippen molar-refractivity contribution in [1.29, 1.82) is 0 Å². The minimum absolute atomic E-state index is 0.921. The molecule has 2 nitrogen and oxygen atoms in total. The van der Waals surface area contributed by atoms with Gasteiger partial charge in [0.2, 0.25) is 11.4 Å². The van der Waals surface area contributed by atoms with Crippen molar-refractivity contribution < 1.29 is 22.7 Å². The molecular weight excluding hydrogens is 831 g/mol. The molecule has 0 fully saturated rings. The number of benzene rings is 2.